The molecule has 6 nitrogen and oxygen atoms in total. The van der Waals surface area contributed by atoms with Crippen molar-refractivity contribution in [2.24, 2.45) is 0 Å². The quantitative estimate of drug-likeness (QED) is 0.438. The maximum absolute atomic E-state index is 13.1. The zero-order valence-corrected chi connectivity index (χ0v) is 16.9. The molecule has 0 atom stereocenters. The van der Waals surface area contributed by atoms with E-state index in [0.29, 0.717) is 44.9 Å². The third kappa shape index (κ3) is 3.32. The Bertz CT molecular complexity index is 1390. The molecule has 4 aromatic rings. The highest BCUT2D eigenvalue weighted by Crippen LogP contribution is 2.38. The van der Waals surface area contributed by atoms with E-state index in [1.54, 1.807) is 56.3 Å². The van der Waals surface area contributed by atoms with Crippen LogP contribution in [-0.4, -0.2) is 12.8 Å². The maximum Gasteiger partial charge on any atom is 0.343 e. The zero-order chi connectivity index (χ0) is 21.5. The summed E-state index contributed by atoms with van der Waals surface area (Å²) < 4.78 is 22.3. The average Bonchev–Trinajstić information content (AvgIpc) is 3.31. The van der Waals surface area contributed by atoms with Gasteiger partial charge in [0.1, 0.15) is 17.3 Å². The number of ether oxygens (including phenoxy) is 3. The van der Waals surface area contributed by atoms with Gasteiger partial charge in [0.05, 0.1) is 16.3 Å². The zero-order valence-electron chi connectivity index (χ0n) is 16.9. The number of rotatable bonds is 3. The molecule has 0 amide bonds. The number of benzene rings is 2. The predicted molar refractivity (Wildman–Crippen MR) is 115 cm³/mol. The molecule has 6 heteroatoms. The Morgan fingerprint density at radius 3 is 2.39 bits per heavy atom. The highest BCUT2D eigenvalue weighted by Gasteiger charge is 2.20. The summed E-state index contributed by atoms with van der Waals surface area (Å²) in [5, 5.41) is 0.874. The lowest BCUT2D eigenvalue weighted by atomic mass is 10.1. The van der Waals surface area contributed by atoms with Crippen LogP contribution in [0.2, 0.25) is 0 Å². The summed E-state index contributed by atoms with van der Waals surface area (Å²) in [4.78, 5) is 25.9. The average molecular weight is 414 g/mol. The molecule has 0 aliphatic carbocycles. The molecule has 1 aliphatic rings. The number of hydrogen-bond donors (Lipinski definition) is 0. The van der Waals surface area contributed by atoms with E-state index < -0.39 is 5.97 Å². The summed E-state index contributed by atoms with van der Waals surface area (Å²) in [6.07, 6.45) is 0. The molecular formula is C25H18O6. The Morgan fingerprint density at radius 1 is 0.839 bits per heavy atom. The van der Waals surface area contributed by atoms with Crippen LogP contribution in [0.5, 0.6) is 17.2 Å². The third-order valence-electron chi connectivity index (χ3n) is 5.24. The normalized spacial score (nSPS) is 12.2. The Hall–Kier alpha value is -4.06. The molecule has 1 aromatic heterocycles. The molecule has 3 aromatic carbocycles. The molecule has 154 valence electrons. The second-order valence-electron chi connectivity index (χ2n) is 7.26. The van der Waals surface area contributed by atoms with Crippen LogP contribution in [0.4, 0.5) is 0 Å². The largest absolute Gasteiger partial charge is 0.465 e. The number of hydrogen-bond acceptors (Lipinski definition) is 6. The molecule has 0 radical (unpaired) electrons. The van der Waals surface area contributed by atoms with E-state index in [1.165, 1.54) is 6.07 Å². The fourth-order valence-corrected chi connectivity index (χ4v) is 3.80. The summed E-state index contributed by atoms with van der Waals surface area (Å²) in [7, 11) is 0. The van der Waals surface area contributed by atoms with Crippen molar-refractivity contribution >= 4 is 16.7 Å². The standard InChI is InChI=1S/C25H18O6/c1-14-23-19(26)10-18(17-8-9-20-21(11-17)29-13-28-20)12-22(24(23)15(2)30-14)31-25(27)16-6-4-3-5-7-16/h3-12H,13H2,1-2H3. The van der Waals surface area contributed by atoms with Crippen LogP contribution in [-0.2, 0) is 0 Å². The number of carbonyl (C=O) groups excluding carboxylic acids is 1. The van der Waals surface area contributed by atoms with Gasteiger partial charge in [0.25, 0.3) is 0 Å². The molecule has 0 unspecified atom stereocenters. The fourth-order valence-electron chi connectivity index (χ4n) is 3.80. The second kappa shape index (κ2) is 7.32. The van der Waals surface area contributed by atoms with Gasteiger partial charge in [-0.1, -0.05) is 24.3 Å². The summed E-state index contributed by atoms with van der Waals surface area (Å²) in [6, 6.07) is 17.3. The van der Waals surface area contributed by atoms with Crippen molar-refractivity contribution in [3.8, 4) is 28.4 Å². The lowest BCUT2D eigenvalue weighted by molar-refractivity contribution is 0.0737. The lowest BCUT2D eigenvalue weighted by Gasteiger charge is -2.06. The van der Waals surface area contributed by atoms with Gasteiger partial charge in [-0.2, -0.15) is 0 Å². The molecule has 1 aliphatic heterocycles. The Kier molecular flexibility index (Phi) is 4.47. The number of esters is 1. The van der Waals surface area contributed by atoms with Gasteiger partial charge in [-0.15, -0.1) is 0 Å². The third-order valence-corrected chi connectivity index (χ3v) is 5.24. The van der Waals surface area contributed by atoms with Gasteiger partial charge in [0.15, 0.2) is 16.9 Å². The van der Waals surface area contributed by atoms with E-state index in [-0.39, 0.29) is 18.0 Å². The van der Waals surface area contributed by atoms with Crippen LogP contribution in [0.1, 0.15) is 21.9 Å². The van der Waals surface area contributed by atoms with Gasteiger partial charge in [0.2, 0.25) is 6.79 Å². The predicted octanol–water partition coefficient (Wildman–Crippen LogP) is 5.02. The van der Waals surface area contributed by atoms with E-state index in [1.807, 2.05) is 12.1 Å². The van der Waals surface area contributed by atoms with E-state index in [2.05, 4.69) is 0 Å². The Labute approximate surface area is 177 Å². The van der Waals surface area contributed by atoms with Crippen LogP contribution < -0.4 is 19.6 Å². The lowest BCUT2D eigenvalue weighted by Crippen LogP contribution is -2.08. The van der Waals surface area contributed by atoms with Crippen molar-refractivity contribution in [1.82, 2.24) is 0 Å². The van der Waals surface area contributed by atoms with Crippen molar-refractivity contribution in [3.63, 3.8) is 0 Å². The van der Waals surface area contributed by atoms with Gasteiger partial charge in [-0.25, -0.2) is 4.79 Å². The highest BCUT2D eigenvalue weighted by atomic mass is 16.7. The van der Waals surface area contributed by atoms with Gasteiger partial charge in [-0.05, 0) is 61.4 Å². The molecule has 0 bridgehead atoms. The molecule has 31 heavy (non-hydrogen) atoms. The fraction of sp³-hybridized carbons (Fsp3) is 0.120. The van der Waals surface area contributed by atoms with Crippen molar-refractivity contribution in [1.29, 1.82) is 0 Å². The van der Waals surface area contributed by atoms with Crippen molar-refractivity contribution in [3.05, 3.63) is 88.0 Å². The molecule has 0 saturated carbocycles. The van der Waals surface area contributed by atoms with Crippen LogP contribution in [0.15, 0.2) is 69.9 Å². The van der Waals surface area contributed by atoms with Crippen molar-refractivity contribution in [2.45, 2.75) is 13.8 Å². The van der Waals surface area contributed by atoms with Crippen LogP contribution in [0, 0.1) is 13.8 Å². The minimum atomic E-state index is -0.518. The first kappa shape index (κ1) is 18.9. The smallest absolute Gasteiger partial charge is 0.343 e. The summed E-state index contributed by atoms with van der Waals surface area (Å²) in [5.74, 6) is 1.96. The second-order valence-corrected chi connectivity index (χ2v) is 7.26. The number of fused-ring (bicyclic) bond motifs is 2. The molecule has 0 saturated heterocycles. The molecule has 0 spiro atoms. The molecule has 0 fully saturated rings. The van der Waals surface area contributed by atoms with E-state index in [4.69, 9.17) is 18.6 Å². The Balaban J connectivity index is 1.72. The number of aryl methyl sites for hydroxylation is 2. The van der Waals surface area contributed by atoms with E-state index in [0.717, 1.165) is 5.56 Å². The first-order valence-corrected chi connectivity index (χ1v) is 9.76. The topological polar surface area (TPSA) is 75.0 Å². The highest BCUT2D eigenvalue weighted by molar-refractivity contribution is 5.97. The monoisotopic (exact) mass is 414 g/mol. The van der Waals surface area contributed by atoms with Crippen LogP contribution >= 0.6 is 0 Å². The minimum Gasteiger partial charge on any atom is -0.465 e. The van der Waals surface area contributed by atoms with Crippen LogP contribution in [0.25, 0.3) is 21.9 Å². The summed E-state index contributed by atoms with van der Waals surface area (Å²) in [6.45, 7) is 3.62. The Morgan fingerprint density at radius 2 is 1.58 bits per heavy atom. The minimum absolute atomic E-state index is 0.155. The van der Waals surface area contributed by atoms with Crippen molar-refractivity contribution in [2.75, 3.05) is 6.79 Å². The first-order valence-electron chi connectivity index (χ1n) is 9.76. The molecule has 5 rings (SSSR count). The van der Waals surface area contributed by atoms with E-state index >= 15 is 0 Å². The number of furan rings is 1. The van der Waals surface area contributed by atoms with Gasteiger partial charge >= 0.3 is 5.97 Å². The summed E-state index contributed by atoms with van der Waals surface area (Å²) in [5.41, 5.74) is 1.52. The summed E-state index contributed by atoms with van der Waals surface area (Å²) >= 11 is 0. The number of carbonyl (C=O) groups is 1. The SMILES string of the molecule is Cc1oc(C)c2c(=O)cc(-c3ccc4c(c3)OCO4)cc(OC(=O)c3ccccc3)c12. The van der Waals surface area contributed by atoms with Crippen molar-refractivity contribution < 1.29 is 23.4 Å². The van der Waals surface area contributed by atoms with Gasteiger partial charge in [-0.3, -0.25) is 4.79 Å². The van der Waals surface area contributed by atoms with Gasteiger partial charge in [0, 0.05) is 0 Å². The van der Waals surface area contributed by atoms with Crippen LogP contribution in [0.3, 0.4) is 0 Å². The first-order chi connectivity index (χ1) is 15.0. The molecule has 0 N–H and O–H groups in total. The molecule has 2 heterocycles. The molecular weight excluding hydrogens is 396 g/mol. The van der Waals surface area contributed by atoms with Gasteiger partial charge < -0.3 is 18.6 Å². The maximum atomic E-state index is 13.1. The van der Waals surface area contributed by atoms with E-state index in [9.17, 15) is 9.59 Å².